The molecule has 1 heterocycles. The lowest BCUT2D eigenvalue weighted by Gasteiger charge is -2.25. The summed E-state index contributed by atoms with van der Waals surface area (Å²) < 4.78 is 40.3. The molecule has 0 aliphatic heterocycles. The molecule has 8 nitrogen and oxygen atoms in total. The van der Waals surface area contributed by atoms with E-state index in [-0.39, 0.29) is 16.1 Å². The van der Waals surface area contributed by atoms with Gasteiger partial charge >= 0.3 is 6.18 Å². The van der Waals surface area contributed by atoms with E-state index in [1.165, 1.54) is 17.4 Å². The molecule has 0 spiro atoms. The Hall–Kier alpha value is -3.81. The Kier molecular flexibility index (Phi) is 10.8. The van der Waals surface area contributed by atoms with Crippen LogP contribution in [0, 0.1) is 0 Å². The Labute approximate surface area is 260 Å². The van der Waals surface area contributed by atoms with Crippen molar-refractivity contribution in [2.45, 2.75) is 38.8 Å². The topological polar surface area (TPSA) is 114 Å². The number of nitrogens with one attached hydrogen (secondary N) is 2. The van der Waals surface area contributed by atoms with Gasteiger partial charge in [0, 0.05) is 35.3 Å². The van der Waals surface area contributed by atoms with E-state index in [1.807, 2.05) is 11.0 Å². The molecule has 0 saturated heterocycles. The van der Waals surface area contributed by atoms with E-state index >= 15 is 0 Å². The highest BCUT2D eigenvalue weighted by molar-refractivity contribution is 7.23. The first kappa shape index (κ1) is 33.1. The van der Waals surface area contributed by atoms with Gasteiger partial charge in [0.25, 0.3) is 11.8 Å². The molecule has 0 aliphatic carbocycles. The minimum absolute atomic E-state index is 0.0751. The number of benzene rings is 3. The van der Waals surface area contributed by atoms with Crippen LogP contribution in [-0.4, -0.2) is 58.4 Å². The molecular weight excluding hydrogens is 617 g/mol. The summed E-state index contributed by atoms with van der Waals surface area (Å²) in [6.45, 7) is 4.38. The second-order valence-electron chi connectivity index (χ2n) is 10.3. The number of nitrogens with zero attached hydrogens (tertiary/aromatic N) is 2. The molecule has 0 saturated carbocycles. The van der Waals surface area contributed by atoms with Crippen LogP contribution >= 0.6 is 22.9 Å². The average molecular weight is 647 g/mol. The van der Waals surface area contributed by atoms with Crippen molar-refractivity contribution in [3.63, 3.8) is 0 Å². The number of carbonyl (C=O) groups excluding carboxylic acids is 2. The molecular formula is C31H30ClF3N4O4S. The van der Waals surface area contributed by atoms with Crippen LogP contribution in [0.2, 0.25) is 5.02 Å². The predicted molar refractivity (Wildman–Crippen MR) is 166 cm³/mol. The van der Waals surface area contributed by atoms with Gasteiger partial charge in [-0.3, -0.25) is 14.5 Å². The zero-order valence-electron chi connectivity index (χ0n) is 23.7. The highest BCUT2D eigenvalue weighted by Crippen LogP contribution is 2.36. The smallest absolute Gasteiger partial charge is 0.392 e. The van der Waals surface area contributed by atoms with E-state index in [1.54, 1.807) is 56.3 Å². The van der Waals surface area contributed by atoms with Crippen molar-refractivity contribution in [3.8, 4) is 0 Å². The zero-order valence-corrected chi connectivity index (χ0v) is 25.3. The third kappa shape index (κ3) is 8.64. The van der Waals surface area contributed by atoms with Crippen molar-refractivity contribution in [2.75, 3.05) is 18.4 Å². The summed E-state index contributed by atoms with van der Waals surface area (Å²) in [5.41, 5.74) is 2.67. The van der Waals surface area contributed by atoms with Gasteiger partial charge < -0.3 is 15.5 Å². The van der Waals surface area contributed by atoms with Gasteiger partial charge in [0.2, 0.25) is 0 Å². The van der Waals surface area contributed by atoms with Crippen LogP contribution in [-0.2, 0) is 12.7 Å². The minimum atomic E-state index is -4.65. The Morgan fingerprint density at radius 2 is 1.70 bits per heavy atom. The molecule has 2 amide bonds. The van der Waals surface area contributed by atoms with E-state index in [9.17, 15) is 33.0 Å². The van der Waals surface area contributed by atoms with Crippen LogP contribution in [0.5, 0.6) is 0 Å². The van der Waals surface area contributed by atoms with Crippen molar-refractivity contribution >= 4 is 56.1 Å². The van der Waals surface area contributed by atoms with E-state index in [2.05, 4.69) is 15.8 Å². The molecule has 0 fully saturated rings. The summed E-state index contributed by atoms with van der Waals surface area (Å²) in [6, 6.07) is 17.2. The lowest BCUT2D eigenvalue weighted by Crippen LogP contribution is -2.35. The van der Waals surface area contributed by atoms with Crippen molar-refractivity contribution < 1.29 is 33.0 Å². The molecule has 232 valence electrons. The number of thiophene rings is 1. The van der Waals surface area contributed by atoms with Gasteiger partial charge in [0.05, 0.1) is 34.6 Å². The number of carbonyl (C=O) groups is 2. The number of aliphatic hydroxyl groups is 2. The van der Waals surface area contributed by atoms with Gasteiger partial charge in [-0.15, -0.1) is 11.3 Å². The van der Waals surface area contributed by atoms with Gasteiger partial charge in [0.1, 0.15) is 5.00 Å². The van der Waals surface area contributed by atoms with Crippen molar-refractivity contribution in [1.29, 1.82) is 0 Å². The van der Waals surface area contributed by atoms with Crippen LogP contribution in [0.1, 0.15) is 51.3 Å². The quantitative estimate of drug-likeness (QED) is 0.115. The maximum atomic E-state index is 13.3. The van der Waals surface area contributed by atoms with Crippen LogP contribution in [0.4, 0.5) is 18.2 Å². The molecule has 2 atom stereocenters. The lowest BCUT2D eigenvalue weighted by atomic mass is 10.1. The van der Waals surface area contributed by atoms with Crippen molar-refractivity contribution in [2.24, 2.45) is 5.10 Å². The normalized spacial score (nSPS) is 13.4. The molecule has 3 aromatic carbocycles. The molecule has 0 radical (unpaired) electrons. The monoisotopic (exact) mass is 646 g/mol. The number of alkyl halides is 3. The molecule has 2 unspecified atom stereocenters. The molecule has 4 rings (SSSR count). The van der Waals surface area contributed by atoms with E-state index < -0.39 is 40.8 Å². The fourth-order valence-electron chi connectivity index (χ4n) is 4.62. The third-order valence-corrected chi connectivity index (χ3v) is 7.78. The number of anilines is 1. The van der Waals surface area contributed by atoms with E-state index in [0.717, 1.165) is 28.6 Å². The fourth-order valence-corrected chi connectivity index (χ4v) is 5.94. The SMILES string of the molecule is CC(O)CN(Cc1cccc(C(=O)Nc2sc3ccccc3c2C(=O)N/N=C/c2ccc(Cl)c(C(F)(F)F)c2)c1)CC(C)O. The standard InChI is InChI=1S/C31H30ClF3N4O4S/c1-18(40)15-39(16-19(2)41)17-21-6-5-7-22(12-21)28(42)37-30-27(23-8-3-4-9-26(23)44-30)29(43)38-36-14-20-10-11-25(32)24(13-20)31(33,34)35/h3-14,18-19,40-41H,15-17H2,1-2H3,(H,37,42)(H,38,43)/b36-14+. The Morgan fingerprint density at radius 1 is 1.00 bits per heavy atom. The number of halogens is 4. The Balaban J connectivity index is 1.54. The van der Waals surface area contributed by atoms with Crippen LogP contribution in [0.25, 0.3) is 10.1 Å². The molecule has 0 aliphatic rings. The van der Waals surface area contributed by atoms with Gasteiger partial charge in [-0.1, -0.05) is 48.0 Å². The number of hydrazone groups is 1. The largest absolute Gasteiger partial charge is 0.417 e. The zero-order chi connectivity index (χ0) is 32.0. The van der Waals surface area contributed by atoms with E-state index in [0.29, 0.717) is 30.6 Å². The van der Waals surface area contributed by atoms with Crippen molar-refractivity contribution in [3.05, 3.63) is 99.6 Å². The first-order chi connectivity index (χ1) is 20.8. The predicted octanol–water partition coefficient (Wildman–Crippen LogP) is 6.15. The Bertz CT molecular complexity index is 1660. The summed E-state index contributed by atoms with van der Waals surface area (Å²) >= 11 is 6.86. The maximum Gasteiger partial charge on any atom is 0.417 e. The van der Waals surface area contributed by atoms with Gasteiger partial charge in [-0.25, -0.2) is 5.43 Å². The number of rotatable bonds is 11. The number of aliphatic hydroxyl groups excluding tert-OH is 2. The number of hydrogen-bond donors (Lipinski definition) is 4. The summed E-state index contributed by atoms with van der Waals surface area (Å²) in [7, 11) is 0. The fraction of sp³-hybridized carbons (Fsp3) is 0.258. The van der Waals surface area contributed by atoms with Gasteiger partial charge in [-0.2, -0.15) is 18.3 Å². The second-order valence-corrected chi connectivity index (χ2v) is 11.7. The first-order valence-corrected chi connectivity index (χ1v) is 14.7. The first-order valence-electron chi connectivity index (χ1n) is 13.5. The minimum Gasteiger partial charge on any atom is -0.392 e. The Morgan fingerprint density at radius 3 is 2.39 bits per heavy atom. The van der Waals surface area contributed by atoms with Gasteiger partial charge in [0.15, 0.2) is 0 Å². The molecule has 4 N–H and O–H groups in total. The summed E-state index contributed by atoms with van der Waals surface area (Å²) in [5, 5.41) is 26.7. The van der Waals surface area contributed by atoms with Crippen LogP contribution < -0.4 is 10.7 Å². The third-order valence-electron chi connectivity index (χ3n) is 6.37. The number of hydrogen-bond acceptors (Lipinski definition) is 7. The number of fused-ring (bicyclic) bond motifs is 1. The maximum absolute atomic E-state index is 13.3. The molecule has 44 heavy (non-hydrogen) atoms. The summed E-state index contributed by atoms with van der Waals surface area (Å²) in [5.74, 6) is -1.13. The van der Waals surface area contributed by atoms with Crippen molar-refractivity contribution in [1.82, 2.24) is 10.3 Å². The highest BCUT2D eigenvalue weighted by Gasteiger charge is 2.33. The summed E-state index contributed by atoms with van der Waals surface area (Å²) in [6.07, 6.45) is -4.79. The lowest BCUT2D eigenvalue weighted by molar-refractivity contribution is -0.137. The average Bonchev–Trinajstić information content (AvgIpc) is 3.30. The van der Waals surface area contributed by atoms with Gasteiger partial charge in [-0.05, 0) is 55.3 Å². The molecule has 13 heteroatoms. The highest BCUT2D eigenvalue weighted by atomic mass is 35.5. The summed E-state index contributed by atoms with van der Waals surface area (Å²) in [4.78, 5) is 28.5. The van der Waals surface area contributed by atoms with E-state index in [4.69, 9.17) is 11.6 Å². The van der Waals surface area contributed by atoms with Crippen LogP contribution in [0.3, 0.4) is 0 Å². The number of amides is 2. The molecule has 0 bridgehead atoms. The second kappa shape index (κ2) is 14.3. The van der Waals surface area contributed by atoms with Crippen LogP contribution in [0.15, 0.2) is 71.8 Å². The molecule has 4 aromatic rings. The molecule has 1 aromatic heterocycles.